The van der Waals surface area contributed by atoms with Gasteiger partial charge in [0.1, 0.15) is 0 Å². The number of carbonyl (C=O) groups excluding carboxylic acids is 1. The van der Waals surface area contributed by atoms with Gasteiger partial charge in [0.2, 0.25) is 5.91 Å². The number of carbonyl (C=O) groups is 1. The summed E-state index contributed by atoms with van der Waals surface area (Å²) in [5.41, 5.74) is 0. The number of rotatable bonds is 3. The zero-order valence-corrected chi connectivity index (χ0v) is 15.1. The molecule has 1 amide bonds. The molecule has 4 rings (SSSR count). The predicted octanol–water partition coefficient (Wildman–Crippen LogP) is 2.31. The van der Waals surface area contributed by atoms with Crippen LogP contribution in [0.1, 0.15) is 44.9 Å². The van der Waals surface area contributed by atoms with Crippen LogP contribution in [0.2, 0.25) is 0 Å². The predicted molar refractivity (Wildman–Crippen MR) is 98.8 cm³/mol. The van der Waals surface area contributed by atoms with Gasteiger partial charge in [0.05, 0.1) is 0 Å². The maximum atomic E-state index is 12.7. The van der Waals surface area contributed by atoms with E-state index in [1.165, 1.54) is 32.1 Å². The van der Waals surface area contributed by atoms with Crippen LogP contribution in [-0.2, 0) is 4.79 Å². The van der Waals surface area contributed by atoms with Crippen LogP contribution in [0.5, 0.6) is 0 Å². The van der Waals surface area contributed by atoms with E-state index >= 15 is 0 Å². The average molecular weight is 343 g/mol. The second-order valence-corrected chi connectivity index (χ2v) is 7.59. The third-order valence-corrected chi connectivity index (χ3v) is 5.94. The fourth-order valence-corrected chi connectivity index (χ4v) is 4.37. The second kappa shape index (κ2) is 7.58. The molecule has 0 N–H and O–H groups in total. The molecule has 2 saturated heterocycles. The minimum atomic E-state index is 0.278. The summed E-state index contributed by atoms with van der Waals surface area (Å²) in [6, 6.07) is 4.17. The highest BCUT2D eigenvalue weighted by molar-refractivity contribution is 5.79. The summed E-state index contributed by atoms with van der Waals surface area (Å²) in [5.74, 6) is 2.59. The molecule has 0 atom stereocenters. The van der Waals surface area contributed by atoms with Crippen molar-refractivity contribution >= 4 is 17.5 Å². The highest BCUT2D eigenvalue weighted by Crippen LogP contribution is 2.26. The third-order valence-electron chi connectivity index (χ3n) is 5.94. The lowest BCUT2D eigenvalue weighted by atomic mass is 9.88. The molecule has 6 nitrogen and oxygen atoms in total. The lowest BCUT2D eigenvalue weighted by molar-refractivity contribution is -0.136. The monoisotopic (exact) mass is 343 g/mol. The molecule has 1 saturated carbocycles. The molecule has 136 valence electrons. The molecule has 0 unspecified atom stereocenters. The van der Waals surface area contributed by atoms with Crippen molar-refractivity contribution in [1.29, 1.82) is 0 Å². The van der Waals surface area contributed by atoms with Crippen LogP contribution in [0.4, 0.5) is 11.6 Å². The van der Waals surface area contributed by atoms with Crippen LogP contribution < -0.4 is 9.80 Å². The molecule has 1 aliphatic carbocycles. The van der Waals surface area contributed by atoms with Gasteiger partial charge in [0.15, 0.2) is 11.6 Å². The van der Waals surface area contributed by atoms with Gasteiger partial charge in [0, 0.05) is 45.2 Å². The molecule has 0 bridgehead atoms. The SMILES string of the molecule is O=C(C1CCCCC1)N1CCN(c2ccc(N3CCCC3)nn2)CC1. The molecule has 0 spiro atoms. The van der Waals surface area contributed by atoms with E-state index in [0.717, 1.165) is 63.7 Å². The molecule has 3 aliphatic rings. The summed E-state index contributed by atoms with van der Waals surface area (Å²) in [5, 5.41) is 8.85. The summed E-state index contributed by atoms with van der Waals surface area (Å²) in [6.07, 6.45) is 8.40. The molecule has 1 aromatic heterocycles. The molecule has 0 aromatic carbocycles. The van der Waals surface area contributed by atoms with Gasteiger partial charge >= 0.3 is 0 Å². The molecule has 3 heterocycles. The average Bonchev–Trinajstić information content (AvgIpc) is 3.23. The fraction of sp³-hybridized carbons (Fsp3) is 0.737. The lowest BCUT2D eigenvalue weighted by Gasteiger charge is -2.37. The Kier molecular flexibility index (Phi) is 5.04. The van der Waals surface area contributed by atoms with E-state index in [2.05, 4.69) is 37.0 Å². The van der Waals surface area contributed by atoms with Gasteiger partial charge in [-0.3, -0.25) is 4.79 Å². The number of nitrogens with zero attached hydrogens (tertiary/aromatic N) is 5. The molecule has 1 aromatic rings. The lowest BCUT2D eigenvalue weighted by Crippen LogP contribution is -2.50. The Hall–Kier alpha value is -1.85. The summed E-state index contributed by atoms with van der Waals surface area (Å²) >= 11 is 0. The van der Waals surface area contributed by atoms with E-state index in [1.54, 1.807) is 0 Å². The van der Waals surface area contributed by atoms with Gasteiger partial charge < -0.3 is 14.7 Å². The van der Waals surface area contributed by atoms with Crippen LogP contribution in [-0.4, -0.2) is 60.3 Å². The minimum absolute atomic E-state index is 0.278. The topological polar surface area (TPSA) is 52.6 Å². The minimum Gasteiger partial charge on any atom is -0.355 e. The number of piperazine rings is 1. The Balaban J connectivity index is 1.31. The molecule has 25 heavy (non-hydrogen) atoms. The second-order valence-electron chi connectivity index (χ2n) is 7.59. The molecular weight excluding hydrogens is 314 g/mol. The first kappa shape index (κ1) is 16.6. The van der Waals surface area contributed by atoms with E-state index in [9.17, 15) is 4.79 Å². The van der Waals surface area contributed by atoms with Crippen LogP contribution in [0.15, 0.2) is 12.1 Å². The maximum Gasteiger partial charge on any atom is 0.225 e. The van der Waals surface area contributed by atoms with E-state index < -0.39 is 0 Å². The Morgan fingerprint density at radius 1 is 0.760 bits per heavy atom. The number of aromatic nitrogens is 2. The molecule has 3 fully saturated rings. The molecule has 2 aliphatic heterocycles. The van der Waals surface area contributed by atoms with Crippen molar-refractivity contribution in [3.63, 3.8) is 0 Å². The summed E-state index contributed by atoms with van der Waals surface area (Å²) in [7, 11) is 0. The van der Waals surface area contributed by atoms with Gasteiger partial charge in [0.25, 0.3) is 0 Å². The fourth-order valence-electron chi connectivity index (χ4n) is 4.37. The van der Waals surface area contributed by atoms with Crippen molar-refractivity contribution in [2.24, 2.45) is 5.92 Å². The summed E-state index contributed by atoms with van der Waals surface area (Å²) < 4.78 is 0. The molecule has 6 heteroatoms. The largest absolute Gasteiger partial charge is 0.355 e. The van der Waals surface area contributed by atoms with Crippen molar-refractivity contribution in [1.82, 2.24) is 15.1 Å². The Bertz CT molecular complexity index is 570. The normalized spacial score (nSPS) is 22.5. The van der Waals surface area contributed by atoms with Crippen LogP contribution in [0, 0.1) is 5.92 Å². The van der Waals surface area contributed by atoms with Crippen molar-refractivity contribution < 1.29 is 4.79 Å². The van der Waals surface area contributed by atoms with Crippen molar-refractivity contribution in [3.05, 3.63) is 12.1 Å². The van der Waals surface area contributed by atoms with E-state index in [1.807, 2.05) is 0 Å². The van der Waals surface area contributed by atoms with Crippen LogP contribution >= 0.6 is 0 Å². The first-order valence-corrected chi connectivity index (χ1v) is 9.94. The van der Waals surface area contributed by atoms with Crippen molar-refractivity contribution in [3.8, 4) is 0 Å². The smallest absolute Gasteiger partial charge is 0.225 e. The number of hydrogen-bond donors (Lipinski definition) is 0. The van der Waals surface area contributed by atoms with Gasteiger partial charge in [-0.1, -0.05) is 19.3 Å². The summed E-state index contributed by atoms with van der Waals surface area (Å²) in [6.45, 7) is 5.52. The van der Waals surface area contributed by atoms with Gasteiger partial charge in [-0.25, -0.2) is 0 Å². The molecular formula is C19H29N5O. The van der Waals surface area contributed by atoms with Crippen LogP contribution in [0.25, 0.3) is 0 Å². The van der Waals surface area contributed by atoms with E-state index in [-0.39, 0.29) is 5.92 Å². The van der Waals surface area contributed by atoms with Gasteiger partial charge in [-0.2, -0.15) is 0 Å². The zero-order valence-electron chi connectivity index (χ0n) is 15.1. The number of anilines is 2. The summed E-state index contributed by atoms with van der Waals surface area (Å²) in [4.78, 5) is 19.3. The van der Waals surface area contributed by atoms with Crippen molar-refractivity contribution in [2.75, 3.05) is 49.1 Å². The maximum absolute atomic E-state index is 12.7. The Morgan fingerprint density at radius 2 is 1.32 bits per heavy atom. The van der Waals surface area contributed by atoms with Gasteiger partial charge in [-0.15, -0.1) is 10.2 Å². The third kappa shape index (κ3) is 3.72. The number of amides is 1. The number of hydrogen-bond acceptors (Lipinski definition) is 5. The zero-order chi connectivity index (χ0) is 17.1. The molecule has 0 radical (unpaired) electrons. The highest BCUT2D eigenvalue weighted by Gasteiger charge is 2.28. The Morgan fingerprint density at radius 3 is 1.88 bits per heavy atom. The van der Waals surface area contributed by atoms with Crippen molar-refractivity contribution in [2.45, 2.75) is 44.9 Å². The standard InChI is InChI=1S/C19H29N5O/c25-19(16-6-2-1-3-7-16)24-14-12-23(13-15-24)18-9-8-17(20-21-18)22-10-4-5-11-22/h8-9,16H,1-7,10-15H2. The first-order chi connectivity index (χ1) is 12.3. The van der Waals surface area contributed by atoms with Gasteiger partial charge in [-0.05, 0) is 37.8 Å². The quantitative estimate of drug-likeness (QED) is 0.843. The van der Waals surface area contributed by atoms with E-state index in [0.29, 0.717) is 5.91 Å². The Labute approximate surface area is 150 Å². The van der Waals surface area contributed by atoms with E-state index in [4.69, 9.17) is 0 Å². The first-order valence-electron chi connectivity index (χ1n) is 9.94. The highest BCUT2D eigenvalue weighted by atomic mass is 16.2. The van der Waals surface area contributed by atoms with Crippen LogP contribution in [0.3, 0.4) is 0 Å².